The van der Waals surface area contributed by atoms with E-state index in [4.69, 9.17) is 4.74 Å². The Hall–Kier alpha value is -3.92. The van der Waals surface area contributed by atoms with E-state index in [1.165, 1.54) is 30.2 Å². The van der Waals surface area contributed by atoms with Gasteiger partial charge in [-0.2, -0.15) is 0 Å². The number of carbonyl (C=O) groups excluding carboxylic acids is 2. The molecule has 208 valence electrons. The van der Waals surface area contributed by atoms with Crippen molar-refractivity contribution in [2.45, 2.75) is 32.4 Å². The molecule has 0 saturated heterocycles. The van der Waals surface area contributed by atoms with Crippen LogP contribution in [0.4, 0.5) is 10.1 Å². The number of benzene rings is 3. The minimum atomic E-state index is -3.97. The molecule has 39 heavy (non-hydrogen) atoms. The highest BCUT2D eigenvalue weighted by atomic mass is 32.2. The lowest BCUT2D eigenvalue weighted by atomic mass is 10.0. The summed E-state index contributed by atoms with van der Waals surface area (Å²) >= 11 is 0. The van der Waals surface area contributed by atoms with Crippen LogP contribution in [0.2, 0.25) is 0 Å². The van der Waals surface area contributed by atoms with Crippen LogP contribution in [0, 0.1) is 5.82 Å². The molecule has 10 heteroatoms. The van der Waals surface area contributed by atoms with Gasteiger partial charge in [0.05, 0.1) is 19.1 Å². The van der Waals surface area contributed by atoms with Gasteiger partial charge in [0.2, 0.25) is 21.8 Å². The normalized spacial score (nSPS) is 11.9. The first-order valence-corrected chi connectivity index (χ1v) is 14.4. The number of anilines is 1. The summed E-state index contributed by atoms with van der Waals surface area (Å²) in [6, 6.07) is 20.5. The predicted molar refractivity (Wildman–Crippen MR) is 149 cm³/mol. The zero-order valence-corrected chi connectivity index (χ0v) is 23.2. The average molecular weight is 556 g/mol. The number of sulfonamides is 1. The van der Waals surface area contributed by atoms with Crippen LogP contribution in [0.3, 0.4) is 0 Å². The third kappa shape index (κ3) is 8.54. The summed E-state index contributed by atoms with van der Waals surface area (Å²) in [5.74, 6) is -1.02. The van der Waals surface area contributed by atoms with Crippen molar-refractivity contribution in [2.24, 2.45) is 0 Å². The monoisotopic (exact) mass is 555 g/mol. The van der Waals surface area contributed by atoms with Crippen LogP contribution in [0.1, 0.15) is 24.5 Å². The van der Waals surface area contributed by atoms with Crippen LogP contribution >= 0.6 is 0 Å². The second kappa shape index (κ2) is 13.7. The lowest BCUT2D eigenvalue weighted by Crippen LogP contribution is -2.53. The SMILES string of the molecule is CCCNC(=O)[C@H](Cc1ccccc1)N(Cc1cccc(OC)c1)C(=O)CN(c1cccc(F)c1)S(C)(=O)=O. The number of ether oxygens (including phenoxy) is 1. The fourth-order valence-electron chi connectivity index (χ4n) is 4.13. The highest BCUT2D eigenvalue weighted by Gasteiger charge is 2.33. The molecule has 1 atom stereocenters. The van der Waals surface area contributed by atoms with Gasteiger partial charge < -0.3 is 15.0 Å². The Morgan fingerprint density at radius 3 is 2.31 bits per heavy atom. The molecule has 8 nitrogen and oxygen atoms in total. The number of rotatable bonds is 13. The summed E-state index contributed by atoms with van der Waals surface area (Å²) < 4.78 is 45.6. The van der Waals surface area contributed by atoms with Gasteiger partial charge in [0.1, 0.15) is 24.2 Å². The van der Waals surface area contributed by atoms with Crippen molar-refractivity contribution >= 4 is 27.5 Å². The number of nitrogens with one attached hydrogen (secondary N) is 1. The van der Waals surface area contributed by atoms with Crippen molar-refractivity contribution < 1.29 is 27.1 Å². The maximum absolute atomic E-state index is 14.0. The molecule has 0 aliphatic rings. The van der Waals surface area contributed by atoms with E-state index in [-0.39, 0.29) is 24.6 Å². The average Bonchev–Trinajstić information content (AvgIpc) is 2.92. The minimum Gasteiger partial charge on any atom is -0.497 e. The Labute approximate surface area is 229 Å². The molecule has 0 spiro atoms. The first-order valence-electron chi connectivity index (χ1n) is 12.6. The van der Waals surface area contributed by atoms with Crippen molar-refractivity contribution in [3.05, 3.63) is 95.8 Å². The van der Waals surface area contributed by atoms with E-state index in [9.17, 15) is 22.4 Å². The fraction of sp³-hybridized carbons (Fsp3) is 0.310. The van der Waals surface area contributed by atoms with Crippen molar-refractivity contribution in [2.75, 3.05) is 30.8 Å². The van der Waals surface area contributed by atoms with E-state index in [1.54, 1.807) is 24.3 Å². The van der Waals surface area contributed by atoms with E-state index in [0.29, 0.717) is 24.3 Å². The van der Waals surface area contributed by atoms with Gasteiger partial charge in [-0.15, -0.1) is 0 Å². The Morgan fingerprint density at radius 2 is 1.67 bits per heavy atom. The van der Waals surface area contributed by atoms with Crippen LogP contribution in [0.5, 0.6) is 5.75 Å². The zero-order chi connectivity index (χ0) is 28.4. The Kier molecular flexibility index (Phi) is 10.4. The first kappa shape index (κ1) is 29.6. The number of carbonyl (C=O) groups is 2. The molecule has 0 heterocycles. The molecule has 0 aromatic heterocycles. The minimum absolute atomic E-state index is 0.0159. The van der Waals surface area contributed by atoms with Gasteiger partial charge in [0, 0.05) is 19.5 Å². The van der Waals surface area contributed by atoms with Crippen LogP contribution in [0.25, 0.3) is 0 Å². The quantitative estimate of drug-likeness (QED) is 0.347. The molecule has 0 unspecified atom stereocenters. The molecular weight excluding hydrogens is 521 g/mol. The van der Waals surface area contributed by atoms with E-state index >= 15 is 0 Å². The third-order valence-corrected chi connectivity index (χ3v) is 7.22. The van der Waals surface area contributed by atoms with E-state index in [2.05, 4.69) is 5.32 Å². The Bertz CT molecular complexity index is 1370. The van der Waals surface area contributed by atoms with Gasteiger partial charge >= 0.3 is 0 Å². The summed E-state index contributed by atoms with van der Waals surface area (Å²) in [5, 5.41) is 2.88. The summed E-state index contributed by atoms with van der Waals surface area (Å²) in [4.78, 5) is 28.8. The molecule has 0 fully saturated rings. The van der Waals surface area contributed by atoms with Crippen LogP contribution in [0.15, 0.2) is 78.9 Å². The first-order chi connectivity index (χ1) is 18.6. The van der Waals surface area contributed by atoms with Gasteiger partial charge in [-0.25, -0.2) is 12.8 Å². The summed E-state index contributed by atoms with van der Waals surface area (Å²) in [6.45, 7) is 1.76. The van der Waals surface area contributed by atoms with E-state index in [1.807, 2.05) is 37.3 Å². The largest absolute Gasteiger partial charge is 0.497 e. The summed E-state index contributed by atoms with van der Waals surface area (Å²) in [6.07, 6.45) is 1.87. The lowest BCUT2D eigenvalue weighted by Gasteiger charge is -2.33. The molecular formula is C29H34FN3O5S. The predicted octanol–water partition coefficient (Wildman–Crippen LogP) is 3.77. The van der Waals surface area contributed by atoms with Crippen molar-refractivity contribution in [3.8, 4) is 5.75 Å². The van der Waals surface area contributed by atoms with Gasteiger partial charge in [-0.05, 0) is 47.9 Å². The molecule has 0 bridgehead atoms. The highest BCUT2D eigenvalue weighted by molar-refractivity contribution is 7.92. The van der Waals surface area contributed by atoms with Gasteiger partial charge in [-0.3, -0.25) is 13.9 Å². The lowest BCUT2D eigenvalue weighted by molar-refractivity contribution is -0.140. The molecule has 3 aromatic rings. The molecule has 0 aliphatic heterocycles. The fourth-order valence-corrected chi connectivity index (χ4v) is 4.97. The van der Waals surface area contributed by atoms with Gasteiger partial charge in [0.25, 0.3) is 0 Å². The maximum atomic E-state index is 14.0. The molecule has 2 amide bonds. The van der Waals surface area contributed by atoms with Crippen LogP contribution in [-0.4, -0.2) is 57.6 Å². The van der Waals surface area contributed by atoms with E-state index in [0.717, 1.165) is 22.2 Å². The molecule has 3 rings (SSSR count). The van der Waals surface area contributed by atoms with Crippen molar-refractivity contribution in [1.82, 2.24) is 10.2 Å². The van der Waals surface area contributed by atoms with Crippen molar-refractivity contribution in [1.29, 1.82) is 0 Å². The molecule has 0 saturated carbocycles. The number of hydrogen-bond donors (Lipinski definition) is 1. The van der Waals surface area contributed by atoms with Gasteiger partial charge in [-0.1, -0.05) is 55.5 Å². The number of hydrogen-bond acceptors (Lipinski definition) is 5. The maximum Gasteiger partial charge on any atom is 0.244 e. The second-order valence-corrected chi connectivity index (χ2v) is 11.0. The van der Waals surface area contributed by atoms with Crippen LogP contribution in [-0.2, 0) is 32.6 Å². The molecule has 0 radical (unpaired) electrons. The van der Waals surface area contributed by atoms with Gasteiger partial charge in [0.15, 0.2) is 0 Å². The topological polar surface area (TPSA) is 96.0 Å². The number of halogens is 1. The third-order valence-electron chi connectivity index (χ3n) is 6.08. The standard InChI is InChI=1S/C29H34FN3O5S/c1-4-16-31-29(35)27(18-22-10-6-5-7-11-22)32(20-23-12-8-15-26(17-23)38-2)28(34)21-33(39(3,36)37)25-14-9-13-24(30)19-25/h5-15,17,19,27H,4,16,18,20-21H2,1-3H3,(H,31,35)/t27-/m0/s1. The number of amides is 2. The second-order valence-electron chi connectivity index (χ2n) is 9.12. The summed E-state index contributed by atoms with van der Waals surface area (Å²) in [5.41, 5.74) is 1.55. The summed E-state index contributed by atoms with van der Waals surface area (Å²) in [7, 11) is -2.44. The number of nitrogens with zero attached hydrogens (tertiary/aromatic N) is 2. The highest BCUT2D eigenvalue weighted by Crippen LogP contribution is 2.22. The number of methoxy groups -OCH3 is 1. The smallest absolute Gasteiger partial charge is 0.244 e. The molecule has 3 aromatic carbocycles. The van der Waals surface area contributed by atoms with E-state index < -0.39 is 34.3 Å². The molecule has 1 N–H and O–H groups in total. The molecule has 0 aliphatic carbocycles. The Morgan fingerprint density at radius 1 is 0.974 bits per heavy atom. The Balaban J connectivity index is 2.05. The van der Waals surface area contributed by atoms with Crippen molar-refractivity contribution in [3.63, 3.8) is 0 Å². The van der Waals surface area contributed by atoms with Crippen LogP contribution < -0.4 is 14.4 Å². The zero-order valence-electron chi connectivity index (χ0n) is 22.3.